The molecule has 5 N–H and O–H groups in total. The Balaban J connectivity index is 1.34. The summed E-state index contributed by atoms with van der Waals surface area (Å²) in [6.07, 6.45) is 8.90. The zero-order valence-corrected chi connectivity index (χ0v) is 21.0. The van der Waals surface area contributed by atoms with Crippen molar-refractivity contribution >= 4 is 17.9 Å². The summed E-state index contributed by atoms with van der Waals surface area (Å²) in [5.74, 6) is -1.05. The van der Waals surface area contributed by atoms with E-state index in [1.54, 1.807) is 18.3 Å². The van der Waals surface area contributed by atoms with Crippen molar-refractivity contribution in [2.75, 3.05) is 0 Å². The maximum atomic E-state index is 13.3. The second-order valence-corrected chi connectivity index (χ2v) is 10.1. The first-order valence-corrected chi connectivity index (χ1v) is 13.1. The number of hydrogen-bond acceptors (Lipinski definition) is 6. The van der Waals surface area contributed by atoms with Gasteiger partial charge in [-0.15, -0.1) is 0 Å². The Bertz CT molecular complexity index is 1050. The molecule has 2 fully saturated rings. The molecule has 9 nitrogen and oxygen atoms in total. The Hall–Kier alpha value is -3.46. The van der Waals surface area contributed by atoms with Crippen molar-refractivity contribution in [3.63, 3.8) is 0 Å². The van der Waals surface area contributed by atoms with Gasteiger partial charge in [-0.25, -0.2) is 4.79 Å². The summed E-state index contributed by atoms with van der Waals surface area (Å²) < 4.78 is 5.39. The van der Waals surface area contributed by atoms with Gasteiger partial charge >= 0.3 is 6.09 Å². The van der Waals surface area contributed by atoms with E-state index >= 15 is 0 Å². The first-order valence-electron chi connectivity index (χ1n) is 13.1. The number of nitrogens with one attached hydrogen (secondary N) is 2. The standard InChI is InChI=1S/C28H36N4O5/c29-26(34)25(20-4-3-15-30-16-20)32-27(35)24-6-2-1-5-23(24)19-9-7-18(8-10-19)17-37-28(36)31-21-11-13-22(33)14-12-21/h3-4,7-10,15-16,21-25,33H,1-2,5-6,11-14,17H2,(H2,29,34)(H,31,36)(H,32,35)/t21?,22?,23-,24+,25-/m0/s1. The summed E-state index contributed by atoms with van der Waals surface area (Å²) in [5.41, 5.74) is 8.05. The van der Waals surface area contributed by atoms with Crippen LogP contribution in [-0.2, 0) is 20.9 Å². The van der Waals surface area contributed by atoms with Crippen LogP contribution in [0.4, 0.5) is 4.79 Å². The van der Waals surface area contributed by atoms with Crippen LogP contribution in [-0.4, -0.2) is 40.1 Å². The molecule has 0 saturated heterocycles. The van der Waals surface area contributed by atoms with Crippen molar-refractivity contribution in [2.24, 2.45) is 11.7 Å². The van der Waals surface area contributed by atoms with Crippen LogP contribution in [0.5, 0.6) is 0 Å². The van der Waals surface area contributed by atoms with Gasteiger partial charge in [0.2, 0.25) is 11.8 Å². The van der Waals surface area contributed by atoms with Crippen molar-refractivity contribution in [3.05, 3.63) is 65.5 Å². The number of aromatic nitrogens is 1. The first kappa shape index (κ1) is 26.6. The van der Waals surface area contributed by atoms with Gasteiger partial charge in [0.15, 0.2) is 0 Å². The van der Waals surface area contributed by atoms with E-state index in [0.717, 1.165) is 49.7 Å². The molecule has 1 aromatic carbocycles. The lowest BCUT2D eigenvalue weighted by atomic mass is 9.74. The lowest BCUT2D eigenvalue weighted by molar-refractivity contribution is -0.131. The molecule has 4 rings (SSSR count). The number of ether oxygens (including phenoxy) is 1. The van der Waals surface area contributed by atoms with E-state index < -0.39 is 18.0 Å². The predicted molar refractivity (Wildman–Crippen MR) is 137 cm³/mol. The van der Waals surface area contributed by atoms with Crippen molar-refractivity contribution in [1.29, 1.82) is 0 Å². The van der Waals surface area contributed by atoms with Crippen LogP contribution >= 0.6 is 0 Å². The summed E-state index contributed by atoms with van der Waals surface area (Å²) in [7, 11) is 0. The molecule has 0 spiro atoms. The van der Waals surface area contributed by atoms with Crippen LogP contribution in [0.15, 0.2) is 48.8 Å². The maximum absolute atomic E-state index is 13.3. The number of amides is 3. The number of hydrogen-bond donors (Lipinski definition) is 4. The number of aliphatic hydroxyl groups is 1. The molecular weight excluding hydrogens is 472 g/mol. The molecule has 2 aliphatic rings. The molecule has 1 heterocycles. The maximum Gasteiger partial charge on any atom is 0.407 e. The molecule has 3 atom stereocenters. The molecule has 0 bridgehead atoms. The van der Waals surface area contributed by atoms with Crippen LogP contribution in [0.2, 0.25) is 0 Å². The third-order valence-electron chi connectivity index (χ3n) is 7.49. The van der Waals surface area contributed by atoms with E-state index in [0.29, 0.717) is 18.4 Å². The van der Waals surface area contributed by atoms with E-state index in [4.69, 9.17) is 10.5 Å². The SMILES string of the molecule is NC(=O)[C@@H](NC(=O)[C@@H]1CCCC[C@H]1c1ccc(COC(=O)NC2CCC(O)CC2)cc1)c1cccnc1. The van der Waals surface area contributed by atoms with Crippen LogP contribution < -0.4 is 16.4 Å². The zero-order valence-electron chi connectivity index (χ0n) is 21.0. The van der Waals surface area contributed by atoms with Gasteiger partial charge in [0, 0.05) is 29.9 Å². The van der Waals surface area contributed by atoms with Gasteiger partial charge < -0.3 is 26.2 Å². The lowest BCUT2D eigenvalue weighted by Crippen LogP contribution is -2.42. The molecule has 3 amide bonds. The van der Waals surface area contributed by atoms with Crippen molar-refractivity contribution in [3.8, 4) is 0 Å². The Morgan fingerprint density at radius 3 is 2.43 bits per heavy atom. The van der Waals surface area contributed by atoms with Gasteiger partial charge in [0.1, 0.15) is 12.6 Å². The van der Waals surface area contributed by atoms with Gasteiger partial charge in [-0.05, 0) is 61.6 Å². The molecule has 9 heteroatoms. The minimum Gasteiger partial charge on any atom is -0.445 e. The smallest absolute Gasteiger partial charge is 0.407 e. The average molecular weight is 509 g/mol. The van der Waals surface area contributed by atoms with Crippen LogP contribution in [0.3, 0.4) is 0 Å². The fraction of sp³-hybridized carbons (Fsp3) is 0.500. The summed E-state index contributed by atoms with van der Waals surface area (Å²) in [5, 5.41) is 15.3. The predicted octanol–water partition coefficient (Wildman–Crippen LogP) is 3.23. The second kappa shape index (κ2) is 12.7. The fourth-order valence-corrected chi connectivity index (χ4v) is 5.40. The number of rotatable bonds is 8. The van der Waals surface area contributed by atoms with Crippen molar-refractivity contribution < 1.29 is 24.2 Å². The highest BCUT2D eigenvalue weighted by Gasteiger charge is 2.34. The number of pyridine rings is 1. The number of primary amides is 1. The zero-order chi connectivity index (χ0) is 26.2. The summed E-state index contributed by atoms with van der Waals surface area (Å²) in [6.45, 7) is 0.154. The van der Waals surface area contributed by atoms with Crippen LogP contribution in [0, 0.1) is 5.92 Å². The number of nitrogens with two attached hydrogens (primary N) is 1. The number of alkyl carbamates (subject to hydrolysis) is 1. The Kier molecular flexibility index (Phi) is 9.11. The third-order valence-corrected chi connectivity index (χ3v) is 7.49. The van der Waals surface area contributed by atoms with Gasteiger partial charge in [-0.1, -0.05) is 43.2 Å². The number of carbonyl (C=O) groups is 3. The molecule has 0 unspecified atom stereocenters. The van der Waals surface area contributed by atoms with Gasteiger partial charge in [0.05, 0.1) is 6.10 Å². The summed E-state index contributed by atoms with van der Waals surface area (Å²) in [6, 6.07) is 10.4. The number of carbonyl (C=O) groups excluding carboxylic acids is 3. The highest BCUT2D eigenvalue weighted by molar-refractivity contribution is 5.88. The number of nitrogens with zero attached hydrogens (tertiary/aromatic N) is 1. The minimum absolute atomic E-state index is 0.0242. The quantitative estimate of drug-likeness (QED) is 0.431. The van der Waals surface area contributed by atoms with Gasteiger partial charge in [-0.2, -0.15) is 0 Å². The molecule has 0 aliphatic heterocycles. The van der Waals surface area contributed by atoms with Crippen molar-refractivity contribution in [1.82, 2.24) is 15.6 Å². The van der Waals surface area contributed by atoms with Crippen LogP contribution in [0.1, 0.15) is 80.0 Å². The number of benzene rings is 1. The Labute approximate surface area is 217 Å². The molecule has 1 aromatic heterocycles. The molecule has 37 heavy (non-hydrogen) atoms. The Morgan fingerprint density at radius 2 is 1.76 bits per heavy atom. The van der Waals surface area contributed by atoms with E-state index in [-0.39, 0.29) is 36.5 Å². The monoisotopic (exact) mass is 508 g/mol. The fourth-order valence-electron chi connectivity index (χ4n) is 5.40. The minimum atomic E-state index is -0.923. The normalized spacial score (nSPS) is 24.5. The Morgan fingerprint density at radius 1 is 1.03 bits per heavy atom. The molecule has 198 valence electrons. The van der Waals surface area contributed by atoms with Gasteiger partial charge in [-0.3, -0.25) is 14.6 Å². The topological polar surface area (TPSA) is 144 Å². The molecule has 2 aromatic rings. The van der Waals surface area contributed by atoms with Crippen LogP contribution in [0.25, 0.3) is 0 Å². The average Bonchev–Trinajstić information content (AvgIpc) is 2.92. The van der Waals surface area contributed by atoms with Crippen molar-refractivity contribution in [2.45, 2.75) is 82.1 Å². The summed E-state index contributed by atoms with van der Waals surface area (Å²) >= 11 is 0. The largest absolute Gasteiger partial charge is 0.445 e. The molecular formula is C28H36N4O5. The third kappa shape index (κ3) is 7.29. The highest BCUT2D eigenvalue weighted by atomic mass is 16.5. The van der Waals surface area contributed by atoms with E-state index in [1.165, 1.54) is 6.20 Å². The molecule has 0 radical (unpaired) electrons. The van der Waals surface area contributed by atoms with Gasteiger partial charge in [0.25, 0.3) is 0 Å². The summed E-state index contributed by atoms with van der Waals surface area (Å²) in [4.78, 5) is 41.5. The number of aliphatic hydroxyl groups excluding tert-OH is 1. The van der Waals surface area contributed by atoms with E-state index in [1.807, 2.05) is 24.3 Å². The highest BCUT2D eigenvalue weighted by Crippen LogP contribution is 2.38. The van der Waals surface area contributed by atoms with E-state index in [9.17, 15) is 19.5 Å². The molecule has 2 aliphatic carbocycles. The first-order chi connectivity index (χ1) is 17.9. The van der Waals surface area contributed by atoms with E-state index in [2.05, 4.69) is 15.6 Å². The molecule has 2 saturated carbocycles. The lowest BCUT2D eigenvalue weighted by Gasteiger charge is -2.32. The second-order valence-electron chi connectivity index (χ2n) is 10.1.